The first kappa shape index (κ1) is 16.7. The molecule has 0 amide bonds. The van der Waals surface area contributed by atoms with Gasteiger partial charge in [0.05, 0.1) is 5.56 Å². The molecule has 3 aromatic rings. The summed E-state index contributed by atoms with van der Waals surface area (Å²) in [6.45, 7) is 3.77. The molecular weight excluding hydrogens is 312 g/mol. The Hall–Kier alpha value is -3.14. The van der Waals surface area contributed by atoms with Gasteiger partial charge < -0.3 is 5.11 Å². The molecule has 0 unspecified atom stereocenters. The number of phenolic OH excluding ortho intramolecular Hbond substituents is 1. The van der Waals surface area contributed by atoms with Crippen LogP contribution in [0.15, 0.2) is 59.4 Å². The molecule has 126 valence electrons. The summed E-state index contributed by atoms with van der Waals surface area (Å²) >= 11 is 0. The highest BCUT2D eigenvalue weighted by atomic mass is 16.3. The summed E-state index contributed by atoms with van der Waals surface area (Å²) in [4.78, 5) is 17.5. The molecule has 3 rings (SSSR count). The predicted molar refractivity (Wildman–Crippen MR) is 101 cm³/mol. The van der Waals surface area contributed by atoms with E-state index in [9.17, 15) is 9.90 Å². The van der Waals surface area contributed by atoms with Crippen LogP contribution in [0.2, 0.25) is 0 Å². The summed E-state index contributed by atoms with van der Waals surface area (Å²) in [7, 11) is 0. The highest BCUT2D eigenvalue weighted by Crippen LogP contribution is 2.27. The van der Waals surface area contributed by atoms with Gasteiger partial charge in [-0.25, -0.2) is 4.98 Å². The average Bonchev–Trinajstić information content (AvgIpc) is 2.62. The molecule has 0 saturated carbocycles. The van der Waals surface area contributed by atoms with Gasteiger partial charge in [-0.05, 0) is 37.1 Å². The van der Waals surface area contributed by atoms with Gasteiger partial charge in [-0.2, -0.15) is 0 Å². The topological polar surface area (TPSA) is 55.1 Å². The number of aromatic hydroxyl groups is 1. The van der Waals surface area contributed by atoms with E-state index < -0.39 is 0 Å². The quantitative estimate of drug-likeness (QED) is 0.782. The van der Waals surface area contributed by atoms with Crippen molar-refractivity contribution in [1.82, 2.24) is 9.55 Å². The molecule has 0 spiro atoms. The molecule has 0 aliphatic heterocycles. The van der Waals surface area contributed by atoms with Gasteiger partial charge in [0.25, 0.3) is 5.56 Å². The van der Waals surface area contributed by atoms with Crippen LogP contribution < -0.4 is 5.56 Å². The van der Waals surface area contributed by atoms with Crippen molar-refractivity contribution in [2.75, 3.05) is 0 Å². The van der Waals surface area contributed by atoms with Crippen molar-refractivity contribution in [1.29, 1.82) is 0 Å². The molecule has 2 aromatic carbocycles. The lowest BCUT2D eigenvalue weighted by Gasteiger charge is -2.13. The maximum absolute atomic E-state index is 12.9. The van der Waals surface area contributed by atoms with E-state index in [1.165, 1.54) is 4.57 Å². The van der Waals surface area contributed by atoms with Crippen LogP contribution in [0.3, 0.4) is 0 Å². The summed E-state index contributed by atoms with van der Waals surface area (Å²) < 4.78 is 1.51. The van der Waals surface area contributed by atoms with E-state index in [4.69, 9.17) is 0 Å². The molecule has 1 aromatic heterocycles. The van der Waals surface area contributed by atoms with Crippen LogP contribution in [0.1, 0.15) is 23.7 Å². The zero-order chi connectivity index (χ0) is 17.8. The molecule has 4 heteroatoms. The minimum atomic E-state index is -0.111. The predicted octanol–water partition coefficient (Wildman–Crippen LogP) is 4.11. The lowest BCUT2D eigenvalue weighted by Crippen LogP contribution is -2.24. The molecular formula is C21H20N2O2. The zero-order valence-corrected chi connectivity index (χ0v) is 14.3. The van der Waals surface area contributed by atoms with Crippen molar-refractivity contribution in [3.8, 4) is 17.1 Å². The largest absolute Gasteiger partial charge is 0.507 e. The van der Waals surface area contributed by atoms with Crippen LogP contribution in [0.5, 0.6) is 5.75 Å². The van der Waals surface area contributed by atoms with Crippen LogP contribution >= 0.6 is 0 Å². The van der Waals surface area contributed by atoms with Crippen LogP contribution in [0.25, 0.3) is 23.7 Å². The van der Waals surface area contributed by atoms with Crippen LogP contribution in [0, 0.1) is 6.92 Å². The van der Waals surface area contributed by atoms with Gasteiger partial charge in [0.15, 0.2) is 5.82 Å². The van der Waals surface area contributed by atoms with Crippen molar-refractivity contribution >= 4 is 12.3 Å². The Labute approximate surface area is 146 Å². The second-order valence-corrected chi connectivity index (χ2v) is 5.77. The molecule has 0 aliphatic carbocycles. The Morgan fingerprint density at radius 1 is 1.08 bits per heavy atom. The number of phenols is 1. The second-order valence-electron chi connectivity index (χ2n) is 5.77. The Kier molecular flexibility index (Phi) is 4.80. The molecule has 0 bridgehead atoms. The lowest BCUT2D eigenvalue weighted by molar-refractivity contribution is 0.476. The van der Waals surface area contributed by atoms with E-state index in [1.807, 2.05) is 56.3 Å². The Morgan fingerprint density at radius 3 is 2.44 bits per heavy atom. The number of aryl methyl sites for hydroxylation is 1. The number of hydrogen-bond acceptors (Lipinski definition) is 3. The van der Waals surface area contributed by atoms with Gasteiger partial charge in [-0.15, -0.1) is 0 Å². The highest BCUT2D eigenvalue weighted by Gasteiger charge is 2.15. The smallest absolute Gasteiger partial charge is 0.261 e. The molecule has 0 aliphatic rings. The number of para-hydroxylation sites is 1. The van der Waals surface area contributed by atoms with E-state index in [2.05, 4.69) is 4.98 Å². The molecule has 25 heavy (non-hydrogen) atoms. The Balaban J connectivity index is 2.23. The molecule has 0 fully saturated rings. The van der Waals surface area contributed by atoms with Crippen molar-refractivity contribution in [3.05, 3.63) is 81.8 Å². The molecule has 1 N–H and O–H groups in total. The van der Waals surface area contributed by atoms with Crippen molar-refractivity contribution < 1.29 is 5.11 Å². The minimum absolute atomic E-state index is 0.0971. The van der Waals surface area contributed by atoms with Gasteiger partial charge in [-0.1, -0.05) is 49.4 Å². The van der Waals surface area contributed by atoms with E-state index >= 15 is 0 Å². The molecule has 0 radical (unpaired) electrons. The van der Waals surface area contributed by atoms with E-state index in [0.29, 0.717) is 29.1 Å². The number of nitrogens with zero attached hydrogens (tertiary/aromatic N) is 2. The average molecular weight is 332 g/mol. The third-order valence-corrected chi connectivity index (χ3v) is 4.13. The third-order valence-electron chi connectivity index (χ3n) is 4.13. The van der Waals surface area contributed by atoms with Crippen molar-refractivity contribution in [3.63, 3.8) is 0 Å². The standard InChI is InChI=1S/C21H20N2O2/c1-3-17-15(2)22-20(18-11-7-8-12-19(18)24)23(21(17)25)14-13-16-9-5-4-6-10-16/h4-14,24H,3H2,1-2H3/b14-13+. The monoisotopic (exact) mass is 332 g/mol. The zero-order valence-electron chi connectivity index (χ0n) is 14.3. The summed E-state index contributed by atoms with van der Waals surface area (Å²) in [5, 5.41) is 10.2. The molecule has 0 saturated heterocycles. The number of hydrogen-bond donors (Lipinski definition) is 1. The first-order valence-corrected chi connectivity index (χ1v) is 8.25. The second kappa shape index (κ2) is 7.18. The van der Waals surface area contributed by atoms with Crippen LogP contribution in [-0.2, 0) is 6.42 Å². The summed E-state index contributed by atoms with van der Waals surface area (Å²) in [6.07, 6.45) is 4.18. The Bertz CT molecular complexity index is 973. The van der Waals surface area contributed by atoms with E-state index in [-0.39, 0.29) is 11.3 Å². The number of aromatic nitrogens is 2. The van der Waals surface area contributed by atoms with Crippen molar-refractivity contribution in [2.24, 2.45) is 0 Å². The summed E-state index contributed by atoms with van der Waals surface area (Å²) in [5.41, 5.74) is 2.77. The van der Waals surface area contributed by atoms with Gasteiger partial charge in [0, 0.05) is 17.5 Å². The fourth-order valence-corrected chi connectivity index (χ4v) is 2.80. The van der Waals surface area contributed by atoms with E-state index in [1.54, 1.807) is 24.4 Å². The van der Waals surface area contributed by atoms with Crippen LogP contribution in [-0.4, -0.2) is 14.7 Å². The molecule has 1 heterocycles. The fraction of sp³-hybridized carbons (Fsp3) is 0.143. The SMILES string of the molecule is CCc1c(C)nc(-c2ccccc2O)n(/C=C/c2ccccc2)c1=O. The fourth-order valence-electron chi connectivity index (χ4n) is 2.80. The van der Waals surface area contributed by atoms with Gasteiger partial charge in [0.2, 0.25) is 0 Å². The minimum Gasteiger partial charge on any atom is -0.507 e. The highest BCUT2D eigenvalue weighted by molar-refractivity contribution is 5.69. The summed E-state index contributed by atoms with van der Waals surface area (Å²) in [6, 6.07) is 16.7. The first-order valence-electron chi connectivity index (χ1n) is 8.25. The van der Waals surface area contributed by atoms with Gasteiger partial charge in [-0.3, -0.25) is 9.36 Å². The Morgan fingerprint density at radius 2 is 1.76 bits per heavy atom. The third kappa shape index (κ3) is 3.38. The van der Waals surface area contributed by atoms with Gasteiger partial charge >= 0.3 is 0 Å². The van der Waals surface area contributed by atoms with Gasteiger partial charge in [0.1, 0.15) is 5.75 Å². The summed E-state index contributed by atoms with van der Waals surface area (Å²) in [5.74, 6) is 0.532. The molecule has 0 atom stereocenters. The lowest BCUT2D eigenvalue weighted by atomic mass is 10.1. The first-order chi connectivity index (χ1) is 12.1. The van der Waals surface area contributed by atoms with E-state index in [0.717, 1.165) is 5.56 Å². The molecule has 4 nitrogen and oxygen atoms in total. The number of rotatable bonds is 4. The normalized spacial score (nSPS) is 11.1. The van der Waals surface area contributed by atoms with Crippen molar-refractivity contribution in [2.45, 2.75) is 20.3 Å². The maximum Gasteiger partial charge on any atom is 0.261 e. The number of benzene rings is 2. The van der Waals surface area contributed by atoms with Crippen LogP contribution in [0.4, 0.5) is 0 Å². The maximum atomic E-state index is 12.9.